The minimum absolute atomic E-state index is 0.0337. The van der Waals surface area contributed by atoms with Crippen LogP contribution in [0.4, 0.5) is 5.69 Å². The number of halogens is 1. The van der Waals surface area contributed by atoms with Crippen LogP contribution in [0, 0.1) is 0 Å². The first-order valence-corrected chi connectivity index (χ1v) is 6.88. The minimum atomic E-state index is -0.0337. The number of hydrogen-bond donors (Lipinski definition) is 0. The molecule has 0 heterocycles. The number of carbonyl (C=O) groups excluding carboxylic acids is 1. The standard InChI is InChI=1S/C17H16ClNO/c1-2-19(16-6-4-3-5-7-16)17(20)13-10-14-8-11-15(18)12-9-14/h3-13H,2H2,1H3/b13-10+. The molecule has 2 nitrogen and oxygen atoms in total. The normalized spacial score (nSPS) is 10.7. The van der Waals surface area contributed by atoms with E-state index >= 15 is 0 Å². The molecule has 0 aromatic heterocycles. The molecule has 2 rings (SSSR count). The molecule has 0 aliphatic carbocycles. The average Bonchev–Trinajstić information content (AvgIpc) is 2.48. The monoisotopic (exact) mass is 285 g/mol. The van der Waals surface area contributed by atoms with E-state index < -0.39 is 0 Å². The highest BCUT2D eigenvalue weighted by Gasteiger charge is 2.09. The molecule has 2 aromatic rings. The maximum Gasteiger partial charge on any atom is 0.250 e. The van der Waals surface area contributed by atoms with Gasteiger partial charge in [0.2, 0.25) is 0 Å². The maximum atomic E-state index is 12.2. The van der Waals surface area contributed by atoms with Crippen LogP contribution in [0.5, 0.6) is 0 Å². The summed E-state index contributed by atoms with van der Waals surface area (Å²) in [5.41, 5.74) is 1.85. The largest absolute Gasteiger partial charge is 0.309 e. The summed E-state index contributed by atoms with van der Waals surface area (Å²) in [4.78, 5) is 14.0. The van der Waals surface area contributed by atoms with E-state index in [1.807, 2.05) is 49.4 Å². The second-order valence-corrected chi connectivity index (χ2v) is 4.74. The first-order chi connectivity index (χ1) is 9.70. The van der Waals surface area contributed by atoms with Gasteiger partial charge in [0.15, 0.2) is 0 Å². The lowest BCUT2D eigenvalue weighted by Gasteiger charge is -2.19. The third kappa shape index (κ3) is 3.72. The Morgan fingerprint density at radius 1 is 1.10 bits per heavy atom. The lowest BCUT2D eigenvalue weighted by molar-refractivity contribution is -0.114. The van der Waals surface area contributed by atoms with Gasteiger partial charge in [-0.15, -0.1) is 0 Å². The van der Waals surface area contributed by atoms with Gasteiger partial charge < -0.3 is 4.90 Å². The van der Waals surface area contributed by atoms with Crippen molar-refractivity contribution in [2.45, 2.75) is 6.92 Å². The van der Waals surface area contributed by atoms with Gasteiger partial charge >= 0.3 is 0 Å². The van der Waals surface area contributed by atoms with Crippen molar-refractivity contribution in [1.82, 2.24) is 0 Å². The van der Waals surface area contributed by atoms with Crippen LogP contribution in [0.1, 0.15) is 12.5 Å². The lowest BCUT2D eigenvalue weighted by Crippen LogP contribution is -2.28. The summed E-state index contributed by atoms with van der Waals surface area (Å²) >= 11 is 5.83. The van der Waals surface area contributed by atoms with Crippen molar-refractivity contribution in [2.75, 3.05) is 11.4 Å². The molecular formula is C17H16ClNO. The van der Waals surface area contributed by atoms with Crippen LogP contribution in [-0.4, -0.2) is 12.5 Å². The summed E-state index contributed by atoms with van der Waals surface area (Å²) in [6.45, 7) is 2.59. The van der Waals surface area contributed by atoms with Gasteiger partial charge in [0.1, 0.15) is 0 Å². The number of para-hydroxylation sites is 1. The van der Waals surface area contributed by atoms with Gasteiger partial charge in [0.05, 0.1) is 0 Å². The predicted octanol–water partition coefficient (Wildman–Crippen LogP) is 4.41. The molecule has 0 aliphatic rings. The first kappa shape index (κ1) is 14.4. The Kier molecular flexibility index (Phi) is 4.97. The van der Waals surface area contributed by atoms with Crippen molar-refractivity contribution in [2.24, 2.45) is 0 Å². The van der Waals surface area contributed by atoms with E-state index in [0.29, 0.717) is 11.6 Å². The van der Waals surface area contributed by atoms with Crippen LogP contribution in [0.25, 0.3) is 6.08 Å². The molecular weight excluding hydrogens is 270 g/mol. The van der Waals surface area contributed by atoms with Crippen LogP contribution >= 0.6 is 11.6 Å². The Morgan fingerprint density at radius 3 is 2.35 bits per heavy atom. The minimum Gasteiger partial charge on any atom is -0.309 e. The van der Waals surface area contributed by atoms with Crippen LogP contribution < -0.4 is 4.90 Å². The highest BCUT2D eigenvalue weighted by Crippen LogP contribution is 2.14. The third-order valence-electron chi connectivity index (χ3n) is 2.94. The fraction of sp³-hybridized carbons (Fsp3) is 0.118. The van der Waals surface area contributed by atoms with Gasteiger partial charge in [-0.1, -0.05) is 41.9 Å². The second-order valence-electron chi connectivity index (χ2n) is 4.30. The SMILES string of the molecule is CCN(C(=O)/C=C/c1ccc(Cl)cc1)c1ccccc1. The van der Waals surface area contributed by atoms with Gasteiger partial charge in [0, 0.05) is 23.3 Å². The molecule has 0 radical (unpaired) electrons. The third-order valence-corrected chi connectivity index (χ3v) is 3.19. The summed E-state index contributed by atoms with van der Waals surface area (Å²) < 4.78 is 0. The molecule has 0 saturated heterocycles. The van der Waals surface area contributed by atoms with E-state index in [2.05, 4.69) is 0 Å². The molecule has 0 fully saturated rings. The molecule has 0 saturated carbocycles. The summed E-state index contributed by atoms with van der Waals surface area (Å²) in [7, 11) is 0. The number of nitrogens with zero attached hydrogens (tertiary/aromatic N) is 1. The van der Waals surface area contributed by atoms with E-state index in [-0.39, 0.29) is 5.91 Å². The number of likely N-dealkylation sites (N-methyl/N-ethyl adjacent to an activating group) is 1. The Hall–Kier alpha value is -2.06. The van der Waals surface area contributed by atoms with E-state index in [1.165, 1.54) is 0 Å². The smallest absolute Gasteiger partial charge is 0.250 e. The van der Waals surface area contributed by atoms with Crippen molar-refractivity contribution < 1.29 is 4.79 Å². The zero-order chi connectivity index (χ0) is 14.4. The maximum absolute atomic E-state index is 12.2. The molecule has 102 valence electrons. The number of rotatable bonds is 4. The van der Waals surface area contributed by atoms with E-state index in [4.69, 9.17) is 11.6 Å². The number of anilines is 1. The second kappa shape index (κ2) is 6.92. The van der Waals surface area contributed by atoms with Crippen molar-refractivity contribution >= 4 is 29.3 Å². The first-order valence-electron chi connectivity index (χ1n) is 6.51. The van der Waals surface area contributed by atoms with Gasteiger partial charge in [0.25, 0.3) is 5.91 Å². The summed E-state index contributed by atoms with van der Waals surface area (Å²) in [5, 5.41) is 0.688. The number of carbonyl (C=O) groups is 1. The molecule has 0 atom stereocenters. The quantitative estimate of drug-likeness (QED) is 0.762. The van der Waals surface area contributed by atoms with E-state index in [0.717, 1.165) is 11.3 Å². The summed E-state index contributed by atoms with van der Waals surface area (Å²) in [5.74, 6) is -0.0337. The molecule has 20 heavy (non-hydrogen) atoms. The van der Waals surface area contributed by atoms with Crippen LogP contribution in [0.3, 0.4) is 0 Å². The Balaban J connectivity index is 2.12. The van der Waals surface area contributed by atoms with Crippen LogP contribution in [0.15, 0.2) is 60.7 Å². The van der Waals surface area contributed by atoms with Crippen LogP contribution in [-0.2, 0) is 4.79 Å². The van der Waals surface area contributed by atoms with Crippen LogP contribution in [0.2, 0.25) is 5.02 Å². The van der Waals surface area contributed by atoms with Gasteiger partial charge in [-0.2, -0.15) is 0 Å². The highest BCUT2D eigenvalue weighted by molar-refractivity contribution is 6.30. The molecule has 0 aliphatic heterocycles. The highest BCUT2D eigenvalue weighted by atomic mass is 35.5. The summed E-state index contributed by atoms with van der Waals surface area (Å²) in [6.07, 6.45) is 3.38. The predicted molar refractivity (Wildman–Crippen MR) is 85.0 cm³/mol. The zero-order valence-corrected chi connectivity index (χ0v) is 12.0. The Morgan fingerprint density at radius 2 is 1.75 bits per heavy atom. The molecule has 2 aromatic carbocycles. The van der Waals surface area contributed by atoms with Gasteiger partial charge in [-0.3, -0.25) is 4.79 Å². The molecule has 3 heteroatoms. The fourth-order valence-electron chi connectivity index (χ4n) is 1.90. The van der Waals surface area contributed by atoms with Crippen molar-refractivity contribution in [3.8, 4) is 0 Å². The molecule has 1 amide bonds. The molecule has 0 spiro atoms. The average molecular weight is 286 g/mol. The Bertz CT molecular complexity index is 590. The van der Waals surface area contributed by atoms with Gasteiger partial charge in [-0.25, -0.2) is 0 Å². The number of benzene rings is 2. The molecule has 0 N–H and O–H groups in total. The fourth-order valence-corrected chi connectivity index (χ4v) is 2.03. The Labute approximate surface area is 124 Å². The lowest BCUT2D eigenvalue weighted by atomic mass is 10.2. The number of amides is 1. The van der Waals surface area contributed by atoms with Crippen molar-refractivity contribution in [3.63, 3.8) is 0 Å². The van der Waals surface area contributed by atoms with E-state index in [9.17, 15) is 4.79 Å². The zero-order valence-electron chi connectivity index (χ0n) is 11.3. The number of hydrogen-bond acceptors (Lipinski definition) is 1. The topological polar surface area (TPSA) is 20.3 Å². The molecule has 0 bridgehead atoms. The van der Waals surface area contributed by atoms with Gasteiger partial charge in [-0.05, 0) is 42.8 Å². The van der Waals surface area contributed by atoms with Crippen molar-refractivity contribution in [1.29, 1.82) is 0 Å². The van der Waals surface area contributed by atoms with Crippen molar-refractivity contribution in [3.05, 3.63) is 71.3 Å². The van der Waals surface area contributed by atoms with E-state index in [1.54, 1.807) is 29.2 Å². The molecule has 0 unspecified atom stereocenters. The summed E-state index contributed by atoms with van der Waals surface area (Å²) in [6, 6.07) is 17.0.